The van der Waals surface area contributed by atoms with Gasteiger partial charge in [0.1, 0.15) is 48.8 Å². The number of ether oxygens (including phenoxy) is 16. The summed E-state index contributed by atoms with van der Waals surface area (Å²) in [5.41, 5.74) is 6.33. The maximum absolute atomic E-state index is 7.01. The highest BCUT2D eigenvalue weighted by atomic mass is 16.6. The summed E-state index contributed by atoms with van der Waals surface area (Å²) in [7, 11) is 0. The second-order valence-corrected chi connectivity index (χ2v) is 22.2. The van der Waals surface area contributed by atoms with Crippen molar-refractivity contribution in [3.05, 3.63) is 240 Å². The molecule has 3 aliphatic rings. The lowest BCUT2D eigenvalue weighted by Crippen LogP contribution is -2.61. The Balaban J connectivity index is 0.862. The summed E-state index contributed by atoms with van der Waals surface area (Å²) in [5, 5.41) is 0. The molecule has 0 saturated carbocycles. The third-order valence-electron chi connectivity index (χ3n) is 15.5. The molecule has 0 amide bonds. The van der Waals surface area contributed by atoms with E-state index in [1.165, 1.54) is 0 Å². The first-order valence-electron chi connectivity index (χ1n) is 31.9. The van der Waals surface area contributed by atoms with Crippen LogP contribution in [0.2, 0.25) is 0 Å². The summed E-state index contributed by atoms with van der Waals surface area (Å²) in [6.45, 7) is 7.74. The predicted molar refractivity (Wildman–Crippen MR) is 342 cm³/mol. The quantitative estimate of drug-likeness (QED) is 0.0468. The third-order valence-corrected chi connectivity index (χ3v) is 15.5. The van der Waals surface area contributed by atoms with Crippen molar-refractivity contribution < 1.29 is 75.8 Å². The van der Waals surface area contributed by atoms with E-state index in [1.807, 2.05) is 133 Å². The number of benzene rings is 6. The van der Waals surface area contributed by atoms with Gasteiger partial charge in [-0.25, -0.2) is 0 Å². The van der Waals surface area contributed by atoms with Gasteiger partial charge in [0.05, 0.1) is 144 Å². The van der Waals surface area contributed by atoms with Crippen molar-refractivity contribution in [1.82, 2.24) is 0 Å². The summed E-state index contributed by atoms with van der Waals surface area (Å²) >= 11 is 0. The van der Waals surface area contributed by atoms with Crippen LogP contribution in [-0.2, 0) is 115 Å². The maximum Gasteiger partial charge on any atom is 0.115 e. The standard InChI is InChI=1S/C74H92O16/c1-7-23-59(24-8-1)51-79-41-35-65-69(85-53-61-27-11-3-12-28-61)73(87-55-63-31-15-5-16-32-63)71-67(89-65)57-81-45-43-75-37-19-20-38-76-44-46-82-58-68-72(84-50-48-78-40-22-21-39-77-47-49-83-71)74(88-56-64-33-17-6-18-34-64)70(86-54-62-29-13-4-14-30-62)66(90-68)36-42-80-52-60-25-9-2-10-26-60/h1-34,65-74H,35-58H2/b20-19+,22-21+/t65-,66-,67-,68-,69-,70-,71-,72-,73-,74-/m1/s1. The average Bonchev–Trinajstić information content (AvgIpc) is 0.965. The molecule has 2 fully saturated rings. The zero-order valence-electron chi connectivity index (χ0n) is 51.9. The second kappa shape index (κ2) is 41.6. The SMILES string of the molecule is C1=C/COCCOC[C@H]2O[C@H](CCOCc3ccccc3)[C@@H](OCc3ccccc3)[C@@H](OCc3ccccc3)[C@@H]2OCCOC/C=C/COCCO[C@H]2[C@H](OCc3ccccc3)[C@H](OCc3ccccc3)[C@@H](CCOCc3ccccc3)O[C@@H]2COCCOC/1. The molecule has 0 radical (unpaired) electrons. The minimum Gasteiger partial charge on any atom is -0.377 e. The van der Waals surface area contributed by atoms with Crippen molar-refractivity contribution in [2.24, 2.45) is 0 Å². The summed E-state index contributed by atoms with van der Waals surface area (Å²) in [4.78, 5) is 0. The highest BCUT2D eigenvalue weighted by Gasteiger charge is 2.50. The molecule has 0 bridgehead atoms. The van der Waals surface area contributed by atoms with Crippen LogP contribution in [0.5, 0.6) is 0 Å². The summed E-state index contributed by atoms with van der Waals surface area (Å²) in [6.07, 6.45) is 3.72. The first-order valence-corrected chi connectivity index (χ1v) is 31.9. The van der Waals surface area contributed by atoms with Gasteiger partial charge in [0.2, 0.25) is 0 Å². The van der Waals surface area contributed by atoms with Crippen LogP contribution in [0.1, 0.15) is 46.2 Å². The van der Waals surface area contributed by atoms with Crippen molar-refractivity contribution in [2.45, 2.75) is 114 Å². The van der Waals surface area contributed by atoms with Crippen LogP contribution >= 0.6 is 0 Å². The molecule has 484 valence electrons. The van der Waals surface area contributed by atoms with Gasteiger partial charge in [-0.3, -0.25) is 0 Å². The van der Waals surface area contributed by atoms with Gasteiger partial charge in [-0.2, -0.15) is 0 Å². The predicted octanol–water partition coefficient (Wildman–Crippen LogP) is 11.1. The van der Waals surface area contributed by atoms with Gasteiger partial charge in [0, 0.05) is 13.2 Å². The van der Waals surface area contributed by atoms with E-state index < -0.39 is 61.0 Å². The molecular weight excluding hydrogens is 1140 g/mol. The topological polar surface area (TPSA) is 148 Å². The molecule has 3 aliphatic heterocycles. The molecule has 0 N–H and O–H groups in total. The maximum atomic E-state index is 7.01. The van der Waals surface area contributed by atoms with Gasteiger partial charge >= 0.3 is 0 Å². The summed E-state index contributed by atoms with van der Waals surface area (Å²) in [6, 6.07) is 60.9. The molecule has 16 nitrogen and oxygen atoms in total. The number of rotatable bonds is 22. The largest absolute Gasteiger partial charge is 0.377 e. The van der Waals surface area contributed by atoms with Crippen molar-refractivity contribution in [3.63, 3.8) is 0 Å². The number of hydrogen-bond acceptors (Lipinski definition) is 16. The van der Waals surface area contributed by atoms with Gasteiger partial charge in [-0.15, -0.1) is 0 Å². The minimum atomic E-state index is -0.583. The Bertz CT molecular complexity index is 2610. The normalized spacial score (nSPS) is 25.8. The van der Waals surface area contributed by atoms with Crippen LogP contribution in [0, 0.1) is 0 Å². The Morgan fingerprint density at radius 3 is 0.867 bits per heavy atom. The van der Waals surface area contributed by atoms with E-state index >= 15 is 0 Å². The average molecular weight is 1240 g/mol. The Morgan fingerprint density at radius 2 is 0.556 bits per heavy atom. The molecule has 3 heterocycles. The zero-order valence-corrected chi connectivity index (χ0v) is 51.9. The van der Waals surface area contributed by atoms with Gasteiger partial charge in [-0.05, 0) is 46.2 Å². The fourth-order valence-electron chi connectivity index (χ4n) is 10.9. The molecule has 2 saturated heterocycles. The molecule has 10 atom stereocenters. The fourth-order valence-corrected chi connectivity index (χ4v) is 10.9. The summed E-state index contributed by atoms with van der Waals surface area (Å²) < 4.78 is 105. The molecule has 16 heteroatoms. The molecule has 0 unspecified atom stereocenters. The Hall–Kier alpha value is -5.84. The van der Waals surface area contributed by atoms with Crippen LogP contribution in [0.3, 0.4) is 0 Å². The van der Waals surface area contributed by atoms with Gasteiger partial charge in [0.25, 0.3) is 0 Å². The molecule has 9 rings (SSSR count). The molecule has 6 aromatic carbocycles. The lowest BCUT2D eigenvalue weighted by Gasteiger charge is -2.46. The van der Waals surface area contributed by atoms with Gasteiger partial charge < -0.3 is 75.8 Å². The summed E-state index contributed by atoms with van der Waals surface area (Å²) in [5.74, 6) is 0. The second-order valence-electron chi connectivity index (χ2n) is 22.2. The molecule has 90 heavy (non-hydrogen) atoms. The van der Waals surface area contributed by atoms with Crippen LogP contribution in [0.15, 0.2) is 206 Å². The highest BCUT2D eigenvalue weighted by Crippen LogP contribution is 2.34. The first kappa shape index (κ1) is 68.5. The first-order chi connectivity index (χ1) is 44.7. The smallest absolute Gasteiger partial charge is 0.115 e. The van der Waals surface area contributed by atoms with E-state index in [2.05, 4.69) is 72.8 Å². The molecule has 0 aliphatic carbocycles. The van der Waals surface area contributed by atoms with Crippen molar-refractivity contribution >= 4 is 0 Å². The molecule has 6 aromatic rings. The molecule has 0 aromatic heterocycles. The van der Waals surface area contributed by atoms with Crippen LogP contribution < -0.4 is 0 Å². The third kappa shape index (κ3) is 24.7. The van der Waals surface area contributed by atoms with Crippen LogP contribution in [-0.4, -0.2) is 167 Å². The molecular formula is C74H92O16. The van der Waals surface area contributed by atoms with Crippen LogP contribution in [0.4, 0.5) is 0 Å². The van der Waals surface area contributed by atoms with Crippen molar-refractivity contribution in [2.75, 3.05) is 106 Å². The van der Waals surface area contributed by atoms with E-state index in [-0.39, 0.29) is 26.4 Å². The van der Waals surface area contributed by atoms with Crippen molar-refractivity contribution in [3.8, 4) is 0 Å². The van der Waals surface area contributed by atoms with E-state index in [1.54, 1.807) is 0 Å². The lowest BCUT2D eigenvalue weighted by atomic mass is 9.92. The monoisotopic (exact) mass is 1240 g/mol. The zero-order chi connectivity index (χ0) is 61.6. The highest BCUT2D eigenvalue weighted by molar-refractivity contribution is 5.18. The molecule has 0 spiro atoms. The van der Waals surface area contributed by atoms with Crippen molar-refractivity contribution in [1.29, 1.82) is 0 Å². The Labute approximate surface area is 532 Å². The Morgan fingerprint density at radius 1 is 0.289 bits per heavy atom. The Kier molecular flexibility index (Phi) is 31.7. The van der Waals surface area contributed by atoms with E-state index in [0.29, 0.717) is 132 Å². The van der Waals surface area contributed by atoms with E-state index in [0.717, 1.165) is 33.4 Å². The number of hydrogen-bond donors (Lipinski definition) is 0. The minimum absolute atomic E-state index is 0.233. The van der Waals surface area contributed by atoms with E-state index in [4.69, 9.17) is 75.8 Å². The van der Waals surface area contributed by atoms with Crippen LogP contribution in [0.25, 0.3) is 0 Å². The van der Waals surface area contributed by atoms with Gasteiger partial charge in [-0.1, -0.05) is 206 Å². The number of fused-ring (bicyclic) bond motifs is 2. The van der Waals surface area contributed by atoms with E-state index in [9.17, 15) is 0 Å². The fraction of sp³-hybridized carbons (Fsp3) is 0.459. The van der Waals surface area contributed by atoms with Gasteiger partial charge in [0.15, 0.2) is 0 Å². The lowest BCUT2D eigenvalue weighted by molar-refractivity contribution is -0.273.